The molecule has 1 heterocycles. The maximum absolute atomic E-state index is 13.3. The molecule has 0 radical (unpaired) electrons. The van der Waals surface area contributed by atoms with Crippen molar-refractivity contribution in [1.29, 1.82) is 0 Å². The minimum Gasteiger partial charge on any atom is -0.467 e. The normalized spacial score (nSPS) is 12.4. The van der Waals surface area contributed by atoms with Crippen LogP contribution in [0.3, 0.4) is 0 Å². The van der Waals surface area contributed by atoms with E-state index < -0.39 is 12.0 Å². The van der Waals surface area contributed by atoms with E-state index in [0.29, 0.717) is 17.5 Å². The average Bonchev–Trinajstić information content (AvgIpc) is 2.81. The molecular formula is C17H21FN2O3. The van der Waals surface area contributed by atoms with Gasteiger partial charge in [0.05, 0.1) is 7.11 Å². The molecule has 0 spiro atoms. The molecular weight excluding hydrogens is 299 g/mol. The first-order chi connectivity index (χ1) is 10.8. The topological polar surface area (TPSA) is 60.3 Å². The number of carbonyl (C=O) groups excluding carboxylic acids is 2. The highest BCUT2D eigenvalue weighted by molar-refractivity contribution is 6.00. The van der Waals surface area contributed by atoms with Crippen molar-refractivity contribution in [2.24, 2.45) is 13.0 Å². The zero-order valence-corrected chi connectivity index (χ0v) is 13.7. The number of rotatable bonds is 5. The Morgan fingerprint density at radius 3 is 2.61 bits per heavy atom. The third-order valence-corrected chi connectivity index (χ3v) is 3.74. The van der Waals surface area contributed by atoms with Crippen LogP contribution in [0.5, 0.6) is 0 Å². The SMILES string of the molecule is COC(=O)[C@H](CC(C)C)NC(=O)c1cc2cc(F)ccc2n1C. The van der Waals surface area contributed by atoms with Crippen molar-refractivity contribution < 1.29 is 18.7 Å². The van der Waals surface area contributed by atoms with Crippen molar-refractivity contribution in [2.75, 3.05) is 7.11 Å². The van der Waals surface area contributed by atoms with Crippen LogP contribution in [-0.4, -0.2) is 29.6 Å². The van der Waals surface area contributed by atoms with E-state index in [1.54, 1.807) is 23.7 Å². The highest BCUT2D eigenvalue weighted by atomic mass is 19.1. The van der Waals surface area contributed by atoms with E-state index >= 15 is 0 Å². The fraction of sp³-hybridized carbons (Fsp3) is 0.412. The zero-order chi connectivity index (χ0) is 17.1. The first-order valence-electron chi connectivity index (χ1n) is 7.47. The van der Waals surface area contributed by atoms with Crippen molar-refractivity contribution in [1.82, 2.24) is 9.88 Å². The van der Waals surface area contributed by atoms with Crippen LogP contribution < -0.4 is 5.32 Å². The minimum absolute atomic E-state index is 0.223. The van der Waals surface area contributed by atoms with Crippen LogP contribution in [0.2, 0.25) is 0 Å². The molecule has 1 amide bonds. The van der Waals surface area contributed by atoms with Gasteiger partial charge in [0.25, 0.3) is 5.91 Å². The molecule has 1 aromatic carbocycles. The van der Waals surface area contributed by atoms with E-state index in [1.807, 2.05) is 13.8 Å². The predicted octanol–water partition coefficient (Wildman–Crippen LogP) is 2.63. The number of hydrogen-bond donors (Lipinski definition) is 1. The monoisotopic (exact) mass is 320 g/mol. The summed E-state index contributed by atoms with van der Waals surface area (Å²) in [5, 5.41) is 3.34. The lowest BCUT2D eigenvalue weighted by Gasteiger charge is -2.18. The standard InChI is InChI=1S/C17H21FN2O3/c1-10(2)7-13(17(22)23-4)19-16(21)15-9-11-8-12(18)5-6-14(11)20(15)3/h5-6,8-10,13H,7H2,1-4H3,(H,19,21)/t13-/m0/s1. The Morgan fingerprint density at radius 1 is 1.30 bits per heavy atom. The minimum atomic E-state index is -0.706. The Hall–Kier alpha value is -2.37. The van der Waals surface area contributed by atoms with Gasteiger partial charge in [-0.15, -0.1) is 0 Å². The van der Waals surface area contributed by atoms with Gasteiger partial charge in [-0.3, -0.25) is 4.79 Å². The van der Waals surface area contributed by atoms with E-state index in [4.69, 9.17) is 4.74 Å². The first-order valence-corrected chi connectivity index (χ1v) is 7.47. The van der Waals surface area contributed by atoms with E-state index in [9.17, 15) is 14.0 Å². The molecule has 1 aromatic heterocycles. The lowest BCUT2D eigenvalue weighted by molar-refractivity contribution is -0.143. The molecule has 0 aliphatic carbocycles. The van der Waals surface area contributed by atoms with E-state index in [2.05, 4.69) is 5.32 Å². The van der Waals surface area contributed by atoms with Gasteiger partial charge < -0.3 is 14.6 Å². The summed E-state index contributed by atoms with van der Waals surface area (Å²) in [5.41, 5.74) is 1.11. The number of benzene rings is 1. The van der Waals surface area contributed by atoms with Gasteiger partial charge in [-0.25, -0.2) is 9.18 Å². The van der Waals surface area contributed by atoms with E-state index in [0.717, 1.165) is 5.52 Å². The van der Waals surface area contributed by atoms with Crippen molar-refractivity contribution in [3.63, 3.8) is 0 Å². The van der Waals surface area contributed by atoms with Gasteiger partial charge in [0.2, 0.25) is 0 Å². The van der Waals surface area contributed by atoms with Crippen molar-refractivity contribution in [3.8, 4) is 0 Å². The van der Waals surface area contributed by atoms with Gasteiger partial charge in [-0.05, 0) is 36.6 Å². The van der Waals surface area contributed by atoms with Gasteiger partial charge in [-0.2, -0.15) is 0 Å². The van der Waals surface area contributed by atoms with Gasteiger partial charge in [0, 0.05) is 18.0 Å². The van der Waals surface area contributed by atoms with Crippen LogP contribution in [-0.2, 0) is 16.6 Å². The average molecular weight is 320 g/mol. The summed E-state index contributed by atoms with van der Waals surface area (Å²) >= 11 is 0. The molecule has 1 N–H and O–H groups in total. The molecule has 124 valence electrons. The summed E-state index contributed by atoms with van der Waals surface area (Å²) in [6.07, 6.45) is 0.483. The van der Waals surface area contributed by atoms with Crippen molar-refractivity contribution in [3.05, 3.63) is 35.8 Å². The number of ether oxygens (including phenoxy) is 1. The van der Waals surface area contributed by atoms with Gasteiger partial charge in [0.15, 0.2) is 0 Å². The Balaban J connectivity index is 2.28. The molecule has 0 aliphatic heterocycles. The Kier molecular flexibility index (Phi) is 5.03. The summed E-state index contributed by atoms with van der Waals surface area (Å²) in [6, 6.07) is 5.24. The van der Waals surface area contributed by atoms with Crippen LogP contribution in [0.4, 0.5) is 4.39 Å². The zero-order valence-electron chi connectivity index (χ0n) is 13.7. The molecule has 0 saturated heterocycles. The summed E-state index contributed by atoms with van der Waals surface area (Å²) in [4.78, 5) is 24.3. The number of carbonyl (C=O) groups is 2. The van der Waals surface area contributed by atoms with Crippen LogP contribution in [0.15, 0.2) is 24.3 Å². The van der Waals surface area contributed by atoms with Gasteiger partial charge in [-0.1, -0.05) is 13.8 Å². The highest BCUT2D eigenvalue weighted by Crippen LogP contribution is 2.20. The smallest absolute Gasteiger partial charge is 0.328 e. The second-order valence-corrected chi connectivity index (χ2v) is 5.97. The molecule has 0 bridgehead atoms. The Morgan fingerprint density at radius 2 is 2.00 bits per heavy atom. The first kappa shape index (κ1) is 17.0. The number of fused-ring (bicyclic) bond motifs is 1. The molecule has 0 saturated carbocycles. The van der Waals surface area contributed by atoms with Crippen molar-refractivity contribution >= 4 is 22.8 Å². The molecule has 1 atom stereocenters. The predicted molar refractivity (Wildman–Crippen MR) is 85.6 cm³/mol. The second-order valence-electron chi connectivity index (χ2n) is 5.97. The quantitative estimate of drug-likeness (QED) is 0.862. The maximum atomic E-state index is 13.3. The van der Waals surface area contributed by atoms with E-state index in [-0.39, 0.29) is 17.6 Å². The summed E-state index contributed by atoms with van der Waals surface area (Å²) in [5.74, 6) is -1.000. The third-order valence-electron chi connectivity index (χ3n) is 3.74. The molecule has 2 aromatic rings. The highest BCUT2D eigenvalue weighted by Gasteiger charge is 2.24. The summed E-state index contributed by atoms with van der Waals surface area (Å²) in [6.45, 7) is 3.92. The summed E-state index contributed by atoms with van der Waals surface area (Å²) in [7, 11) is 3.02. The largest absolute Gasteiger partial charge is 0.467 e. The fourth-order valence-corrected chi connectivity index (χ4v) is 2.60. The van der Waals surface area contributed by atoms with Crippen LogP contribution in [0.25, 0.3) is 10.9 Å². The Bertz CT molecular complexity index is 737. The van der Waals surface area contributed by atoms with Gasteiger partial charge >= 0.3 is 5.97 Å². The number of aromatic nitrogens is 1. The third kappa shape index (κ3) is 3.70. The number of amides is 1. The molecule has 2 rings (SSSR count). The number of methoxy groups -OCH3 is 1. The second kappa shape index (κ2) is 6.81. The summed E-state index contributed by atoms with van der Waals surface area (Å²) < 4.78 is 19.7. The number of esters is 1. The fourth-order valence-electron chi connectivity index (χ4n) is 2.60. The lowest BCUT2D eigenvalue weighted by Crippen LogP contribution is -2.42. The molecule has 23 heavy (non-hydrogen) atoms. The number of halogens is 1. The molecule has 6 heteroatoms. The van der Waals surface area contributed by atoms with Crippen LogP contribution >= 0.6 is 0 Å². The molecule has 0 aliphatic rings. The van der Waals surface area contributed by atoms with Crippen LogP contribution in [0, 0.1) is 11.7 Å². The van der Waals surface area contributed by atoms with Crippen LogP contribution in [0.1, 0.15) is 30.8 Å². The van der Waals surface area contributed by atoms with E-state index in [1.165, 1.54) is 19.2 Å². The van der Waals surface area contributed by atoms with Gasteiger partial charge in [0.1, 0.15) is 17.6 Å². The molecule has 0 fully saturated rings. The number of nitrogens with zero attached hydrogens (tertiary/aromatic N) is 1. The number of aryl methyl sites for hydroxylation is 1. The number of nitrogens with one attached hydrogen (secondary N) is 1. The Labute approximate surface area is 134 Å². The molecule has 0 unspecified atom stereocenters. The van der Waals surface area contributed by atoms with Crippen molar-refractivity contribution in [2.45, 2.75) is 26.3 Å². The number of hydrogen-bond acceptors (Lipinski definition) is 3. The molecule has 5 nitrogen and oxygen atoms in total. The lowest BCUT2D eigenvalue weighted by atomic mass is 10.0. The maximum Gasteiger partial charge on any atom is 0.328 e.